The van der Waals surface area contributed by atoms with Gasteiger partial charge in [-0.1, -0.05) is 13.3 Å². The minimum absolute atomic E-state index is 0.00694. The zero-order valence-electron chi connectivity index (χ0n) is 6.79. The fourth-order valence-electron chi connectivity index (χ4n) is 0.971. The minimum atomic E-state index is 0.00694. The van der Waals surface area contributed by atoms with Gasteiger partial charge in [-0.15, -0.1) is 11.6 Å². The van der Waals surface area contributed by atoms with Gasteiger partial charge in [0.05, 0.1) is 5.38 Å². The van der Waals surface area contributed by atoms with Crippen LogP contribution in [0.15, 0.2) is 6.33 Å². The number of nitrogens with zero attached hydrogens (tertiary/aromatic N) is 3. The Bertz CT molecular complexity index is 221. The molecule has 0 aliphatic heterocycles. The van der Waals surface area contributed by atoms with Crippen LogP contribution in [0.4, 0.5) is 0 Å². The van der Waals surface area contributed by atoms with Crippen molar-refractivity contribution in [3.8, 4) is 0 Å². The van der Waals surface area contributed by atoms with Gasteiger partial charge < -0.3 is 0 Å². The average molecular weight is 174 g/mol. The Morgan fingerprint density at radius 3 is 2.91 bits per heavy atom. The summed E-state index contributed by atoms with van der Waals surface area (Å²) in [6.07, 6.45) is 3.55. The molecule has 1 atom stereocenters. The van der Waals surface area contributed by atoms with Gasteiger partial charge in [-0.2, -0.15) is 5.10 Å². The maximum Gasteiger partial charge on any atom is 0.144 e. The normalized spacial score (nSPS) is 13.4. The Labute approximate surface area is 71.4 Å². The fraction of sp³-hybridized carbons (Fsp3) is 0.714. The summed E-state index contributed by atoms with van der Waals surface area (Å²) in [5.74, 6) is 0.855. The van der Waals surface area contributed by atoms with Crippen molar-refractivity contribution < 1.29 is 0 Å². The van der Waals surface area contributed by atoms with E-state index in [0.717, 1.165) is 18.7 Å². The molecule has 4 heteroatoms. The number of rotatable bonds is 3. The van der Waals surface area contributed by atoms with Gasteiger partial charge in [-0.3, -0.25) is 4.68 Å². The lowest BCUT2D eigenvalue weighted by atomic mass is 10.2. The van der Waals surface area contributed by atoms with E-state index in [2.05, 4.69) is 17.0 Å². The standard InChI is InChI=1S/C7H12ClN3/c1-3-4-6(8)7-9-5-10-11(7)2/h5-6H,3-4H2,1-2H3. The second kappa shape index (κ2) is 3.72. The van der Waals surface area contributed by atoms with Crippen LogP contribution >= 0.6 is 11.6 Å². The summed E-state index contributed by atoms with van der Waals surface area (Å²) < 4.78 is 1.72. The highest BCUT2D eigenvalue weighted by molar-refractivity contribution is 6.20. The molecule has 62 valence electrons. The van der Waals surface area contributed by atoms with Crippen molar-refractivity contribution >= 4 is 11.6 Å². The van der Waals surface area contributed by atoms with E-state index in [-0.39, 0.29) is 5.38 Å². The van der Waals surface area contributed by atoms with Crippen molar-refractivity contribution in [2.75, 3.05) is 0 Å². The monoisotopic (exact) mass is 173 g/mol. The molecule has 0 spiro atoms. The fourth-order valence-corrected chi connectivity index (χ4v) is 1.39. The van der Waals surface area contributed by atoms with Crippen LogP contribution in [0.2, 0.25) is 0 Å². The van der Waals surface area contributed by atoms with Crippen molar-refractivity contribution in [1.82, 2.24) is 14.8 Å². The van der Waals surface area contributed by atoms with E-state index in [1.54, 1.807) is 4.68 Å². The molecular formula is C7H12ClN3. The SMILES string of the molecule is CCCC(Cl)c1ncnn1C. The van der Waals surface area contributed by atoms with E-state index in [9.17, 15) is 0 Å². The van der Waals surface area contributed by atoms with Crippen LogP contribution < -0.4 is 0 Å². The van der Waals surface area contributed by atoms with Crippen LogP contribution in [0.25, 0.3) is 0 Å². The van der Waals surface area contributed by atoms with E-state index < -0.39 is 0 Å². The molecule has 0 bridgehead atoms. The predicted octanol–water partition coefficient (Wildman–Crippen LogP) is 1.90. The Morgan fingerprint density at radius 1 is 1.73 bits per heavy atom. The van der Waals surface area contributed by atoms with Crippen LogP contribution in [0.1, 0.15) is 31.0 Å². The molecule has 0 radical (unpaired) electrons. The number of aryl methyl sites for hydroxylation is 1. The van der Waals surface area contributed by atoms with Crippen molar-refractivity contribution in [3.05, 3.63) is 12.2 Å². The second-order valence-corrected chi connectivity index (χ2v) is 3.02. The van der Waals surface area contributed by atoms with Gasteiger partial charge in [0.1, 0.15) is 12.2 Å². The van der Waals surface area contributed by atoms with E-state index in [4.69, 9.17) is 11.6 Å². The topological polar surface area (TPSA) is 30.7 Å². The predicted molar refractivity (Wildman–Crippen MR) is 44.5 cm³/mol. The number of hydrogen-bond donors (Lipinski definition) is 0. The summed E-state index contributed by atoms with van der Waals surface area (Å²) in [6.45, 7) is 2.10. The first-order chi connectivity index (χ1) is 5.25. The number of halogens is 1. The highest BCUT2D eigenvalue weighted by Crippen LogP contribution is 2.22. The third-order valence-electron chi connectivity index (χ3n) is 1.57. The summed E-state index contributed by atoms with van der Waals surface area (Å²) in [6, 6.07) is 0. The highest BCUT2D eigenvalue weighted by Gasteiger charge is 2.11. The average Bonchev–Trinajstić information content (AvgIpc) is 2.36. The molecular weight excluding hydrogens is 162 g/mol. The lowest BCUT2D eigenvalue weighted by Crippen LogP contribution is -2.02. The molecule has 1 rings (SSSR count). The second-order valence-electron chi connectivity index (χ2n) is 2.50. The van der Waals surface area contributed by atoms with E-state index >= 15 is 0 Å². The van der Waals surface area contributed by atoms with Crippen molar-refractivity contribution in [1.29, 1.82) is 0 Å². The molecule has 1 aromatic rings. The first-order valence-corrected chi connectivity index (χ1v) is 4.17. The van der Waals surface area contributed by atoms with E-state index in [1.807, 2.05) is 7.05 Å². The molecule has 3 nitrogen and oxygen atoms in total. The highest BCUT2D eigenvalue weighted by atomic mass is 35.5. The Morgan fingerprint density at radius 2 is 2.45 bits per heavy atom. The quantitative estimate of drug-likeness (QED) is 0.654. The maximum atomic E-state index is 6.03. The van der Waals surface area contributed by atoms with Crippen LogP contribution in [0, 0.1) is 0 Å². The molecule has 0 aromatic carbocycles. The number of aromatic nitrogens is 3. The smallest absolute Gasteiger partial charge is 0.144 e. The van der Waals surface area contributed by atoms with Crippen LogP contribution in [0.5, 0.6) is 0 Å². The van der Waals surface area contributed by atoms with Crippen LogP contribution in [-0.4, -0.2) is 14.8 Å². The van der Waals surface area contributed by atoms with Gasteiger partial charge in [0.15, 0.2) is 0 Å². The van der Waals surface area contributed by atoms with Gasteiger partial charge in [0.2, 0.25) is 0 Å². The van der Waals surface area contributed by atoms with E-state index in [1.165, 1.54) is 6.33 Å². The zero-order valence-corrected chi connectivity index (χ0v) is 7.54. The summed E-state index contributed by atoms with van der Waals surface area (Å²) in [5, 5.41) is 3.95. The molecule has 0 amide bonds. The van der Waals surface area contributed by atoms with Gasteiger partial charge in [0, 0.05) is 7.05 Å². The minimum Gasteiger partial charge on any atom is -0.252 e. The molecule has 0 fully saturated rings. The molecule has 0 aliphatic rings. The Balaban J connectivity index is 2.67. The summed E-state index contributed by atoms with van der Waals surface area (Å²) >= 11 is 6.03. The molecule has 0 saturated carbocycles. The van der Waals surface area contributed by atoms with Gasteiger partial charge in [-0.25, -0.2) is 4.98 Å². The lowest BCUT2D eigenvalue weighted by Gasteiger charge is -2.05. The summed E-state index contributed by atoms with van der Waals surface area (Å²) in [7, 11) is 1.85. The first-order valence-electron chi connectivity index (χ1n) is 3.73. The van der Waals surface area contributed by atoms with Crippen molar-refractivity contribution in [2.45, 2.75) is 25.1 Å². The van der Waals surface area contributed by atoms with Gasteiger partial charge in [0.25, 0.3) is 0 Å². The van der Waals surface area contributed by atoms with Gasteiger partial charge in [-0.05, 0) is 6.42 Å². The molecule has 1 heterocycles. The summed E-state index contributed by atoms with van der Waals surface area (Å²) in [5.41, 5.74) is 0. The third-order valence-corrected chi connectivity index (χ3v) is 1.98. The molecule has 1 aromatic heterocycles. The first kappa shape index (κ1) is 8.53. The number of hydrogen-bond acceptors (Lipinski definition) is 2. The molecule has 0 saturated heterocycles. The Kier molecular flexibility index (Phi) is 2.88. The number of alkyl halides is 1. The van der Waals surface area contributed by atoms with Crippen molar-refractivity contribution in [3.63, 3.8) is 0 Å². The van der Waals surface area contributed by atoms with Crippen LogP contribution in [-0.2, 0) is 7.05 Å². The van der Waals surface area contributed by atoms with Crippen molar-refractivity contribution in [2.24, 2.45) is 7.05 Å². The maximum absolute atomic E-state index is 6.03. The van der Waals surface area contributed by atoms with Gasteiger partial charge >= 0.3 is 0 Å². The summed E-state index contributed by atoms with van der Waals surface area (Å²) in [4.78, 5) is 4.05. The van der Waals surface area contributed by atoms with Crippen LogP contribution in [0.3, 0.4) is 0 Å². The van der Waals surface area contributed by atoms with E-state index in [0.29, 0.717) is 0 Å². The molecule has 0 aliphatic carbocycles. The Hall–Kier alpha value is -0.570. The third kappa shape index (κ3) is 1.93. The zero-order chi connectivity index (χ0) is 8.27. The molecule has 0 N–H and O–H groups in total. The molecule has 11 heavy (non-hydrogen) atoms. The molecule has 1 unspecified atom stereocenters. The lowest BCUT2D eigenvalue weighted by molar-refractivity contribution is 0.650. The largest absolute Gasteiger partial charge is 0.252 e.